The van der Waals surface area contributed by atoms with E-state index in [1.807, 2.05) is 13.8 Å². The summed E-state index contributed by atoms with van der Waals surface area (Å²) in [6, 6.07) is -0.452. The van der Waals surface area contributed by atoms with Crippen LogP contribution in [0.2, 0.25) is 0 Å². The van der Waals surface area contributed by atoms with Crippen molar-refractivity contribution in [2.24, 2.45) is 11.8 Å². The summed E-state index contributed by atoms with van der Waals surface area (Å²) in [7, 11) is 0. The Bertz CT molecular complexity index is 262. The molecule has 5 heteroatoms. The predicted octanol–water partition coefficient (Wildman–Crippen LogP) is -0.517. The van der Waals surface area contributed by atoms with Crippen LogP contribution in [0.4, 0.5) is 0 Å². The summed E-state index contributed by atoms with van der Waals surface area (Å²) >= 11 is 0. The average molecular weight is 227 g/mol. The molecule has 0 bridgehead atoms. The van der Waals surface area contributed by atoms with Crippen LogP contribution in [-0.4, -0.2) is 37.5 Å². The number of carbonyl (C=O) groups excluding carboxylic acids is 2. The van der Waals surface area contributed by atoms with Crippen molar-refractivity contribution >= 4 is 11.8 Å². The summed E-state index contributed by atoms with van der Waals surface area (Å²) in [6.07, 6.45) is 0. The highest BCUT2D eigenvalue weighted by Crippen LogP contribution is 2.02. The molecule has 0 spiro atoms. The molecule has 1 aliphatic heterocycles. The lowest BCUT2D eigenvalue weighted by Crippen LogP contribution is -2.54. The van der Waals surface area contributed by atoms with Crippen molar-refractivity contribution in [2.45, 2.75) is 26.8 Å². The lowest BCUT2D eigenvalue weighted by molar-refractivity contribution is -0.131. The summed E-state index contributed by atoms with van der Waals surface area (Å²) in [5.74, 6) is 0.295. The topological polar surface area (TPSA) is 70.2 Å². The van der Waals surface area contributed by atoms with E-state index in [4.69, 9.17) is 0 Å². The first-order valence-corrected chi connectivity index (χ1v) is 5.79. The minimum Gasteiger partial charge on any atom is -0.354 e. The Labute approximate surface area is 96.4 Å². The molecule has 1 rings (SSSR count). The van der Waals surface area contributed by atoms with Crippen molar-refractivity contribution < 1.29 is 9.59 Å². The van der Waals surface area contributed by atoms with Crippen molar-refractivity contribution in [1.82, 2.24) is 16.0 Å². The van der Waals surface area contributed by atoms with E-state index in [-0.39, 0.29) is 17.7 Å². The smallest absolute Gasteiger partial charge is 0.242 e. The lowest BCUT2D eigenvalue weighted by Gasteiger charge is -2.27. The fourth-order valence-electron chi connectivity index (χ4n) is 1.33. The molecule has 1 saturated heterocycles. The zero-order chi connectivity index (χ0) is 12.1. The van der Waals surface area contributed by atoms with Gasteiger partial charge in [-0.1, -0.05) is 13.8 Å². The maximum absolute atomic E-state index is 11.6. The van der Waals surface area contributed by atoms with E-state index in [0.29, 0.717) is 25.6 Å². The van der Waals surface area contributed by atoms with Crippen LogP contribution in [0.1, 0.15) is 20.8 Å². The first kappa shape index (κ1) is 13.0. The summed E-state index contributed by atoms with van der Waals surface area (Å²) in [4.78, 5) is 23.1. The van der Waals surface area contributed by atoms with Gasteiger partial charge in [-0.05, 0) is 12.8 Å². The number of rotatable bonds is 5. The SMILES string of the molecule is CC(C)CNC(=O)C(C)NC(=O)C1CNC1. The van der Waals surface area contributed by atoms with Gasteiger partial charge in [0.15, 0.2) is 0 Å². The highest BCUT2D eigenvalue weighted by molar-refractivity contribution is 5.88. The summed E-state index contributed by atoms with van der Waals surface area (Å²) in [6.45, 7) is 7.84. The molecule has 2 amide bonds. The molecule has 3 N–H and O–H groups in total. The summed E-state index contributed by atoms with van der Waals surface area (Å²) in [5, 5.41) is 8.53. The molecule has 0 aliphatic carbocycles. The van der Waals surface area contributed by atoms with Crippen molar-refractivity contribution in [3.8, 4) is 0 Å². The van der Waals surface area contributed by atoms with Crippen molar-refractivity contribution in [1.29, 1.82) is 0 Å². The van der Waals surface area contributed by atoms with Crippen LogP contribution in [-0.2, 0) is 9.59 Å². The molecule has 1 heterocycles. The maximum Gasteiger partial charge on any atom is 0.242 e. The molecular weight excluding hydrogens is 206 g/mol. The zero-order valence-corrected chi connectivity index (χ0v) is 10.2. The van der Waals surface area contributed by atoms with Crippen LogP contribution >= 0.6 is 0 Å². The minimum absolute atomic E-state index is 0.0281. The largest absolute Gasteiger partial charge is 0.354 e. The quantitative estimate of drug-likeness (QED) is 0.592. The van der Waals surface area contributed by atoms with Crippen molar-refractivity contribution in [3.63, 3.8) is 0 Å². The third-order valence-electron chi connectivity index (χ3n) is 2.59. The second-order valence-corrected chi connectivity index (χ2v) is 4.72. The summed E-state index contributed by atoms with van der Waals surface area (Å²) in [5.41, 5.74) is 0. The van der Waals surface area contributed by atoms with E-state index in [1.54, 1.807) is 6.92 Å². The van der Waals surface area contributed by atoms with Crippen LogP contribution < -0.4 is 16.0 Å². The number of amides is 2. The maximum atomic E-state index is 11.6. The second kappa shape index (κ2) is 5.84. The average Bonchev–Trinajstić information content (AvgIpc) is 2.10. The van der Waals surface area contributed by atoms with E-state index in [9.17, 15) is 9.59 Å². The van der Waals surface area contributed by atoms with Gasteiger partial charge in [0.1, 0.15) is 6.04 Å². The molecule has 5 nitrogen and oxygen atoms in total. The van der Waals surface area contributed by atoms with Crippen LogP contribution in [0.5, 0.6) is 0 Å². The van der Waals surface area contributed by atoms with Crippen LogP contribution in [0, 0.1) is 11.8 Å². The third-order valence-corrected chi connectivity index (χ3v) is 2.59. The van der Waals surface area contributed by atoms with E-state index in [1.165, 1.54) is 0 Å². The van der Waals surface area contributed by atoms with Gasteiger partial charge in [0.05, 0.1) is 5.92 Å². The lowest BCUT2D eigenvalue weighted by atomic mass is 10.0. The number of hydrogen-bond donors (Lipinski definition) is 3. The molecule has 92 valence electrons. The highest BCUT2D eigenvalue weighted by Gasteiger charge is 2.27. The van der Waals surface area contributed by atoms with Crippen LogP contribution in [0.15, 0.2) is 0 Å². The Hall–Kier alpha value is -1.10. The van der Waals surface area contributed by atoms with Gasteiger partial charge in [-0.2, -0.15) is 0 Å². The van der Waals surface area contributed by atoms with E-state index < -0.39 is 6.04 Å². The standard InChI is InChI=1S/C11H21N3O2/c1-7(2)4-13-10(15)8(3)14-11(16)9-5-12-6-9/h7-9,12H,4-6H2,1-3H3,(H,13,15)(H,14,16). The van der Waals surface area contributed by atoms with Gasteiger partial charge in [-0.3, -0.25) is 9.59 Å². The molecule has 16 heavy (non-hydrogen) atoms. The Kier molecular flexibility index (Phi) is 4.73. The number of nitrogens with one attached hydrogen (secondary N) is 3. The number of hydrogen-bond acceptors (Lipinski definition) is 3. The Balaban J connectivity index is 2.24. The van der Waals surface area contributed by atoms with E-state index in [2.05, 4.69) is 16.0 Å². The fraction of sp³-hybridized carbons (Fsp3) is 0.818. The molecule has 0 saturated carbocycles. The number of carbonyl (C=O) groups is 2. The highest BCUT2D eigenvalue weighted by atomic mass is 16.2. The molecule has 0 radical (unpaired) electrons. The van der Waals surface area contributed by atoms with Crippen LogP contribution in [0.25, 0.3) is 0 Å². The molecule has 1 fully saturated rings. The monoisotopic (exact) mass is 227 g/mol. The van der Waals surface area contributed by atoms with Crippen molar-refractivity contribution in [2.75, 3.05) is 19.6 Å². The third kappa shape index (κ3) is 3.81. The predicted molar refractivity (Wildman–Crippen MR) is 61.8 cm³/mol. The molecule has 1 aliphatic rings. The molecule has 0 aromatic heterocycles. The summed E-state index contributed by atoms with van der Waals surface area (Å²) < 4.78 is 0. The van der Waals surface area contributed by atoms with E-state index >= 15 is 0 Å². The molecule has 1 unspecified atom stereocenters. The van der Waals surface area contributed by atoms with Gasteiger partial charge in [0, 0.05) is 19.6 Å². The second-order valence-electron chi connectivity index (χ2n) is 4.72. The Morgan fingerprint density at radius 3 is 2.38 bits per heavy atom. The zero-order valence-electron chi connectivity index (χ0n) is 10.2. The first-order chi connectivity index (χ1) is 7.50. The Morgan fingerprint density at radius 2 is 1.94 bits per heavy atom. The van der Waals surface area contributed by atoms with Crippen LogP contribution in [0.3, 0.4) is 0 Å². The normalized spacial score (nSPS) is 17.8. The fourth-order valence-corrected chi connectivity index (χ4v) is 1.33. The van der Waals surface area contributed by atoms with Gasteiger partial charge >= 0.3 is 0 Å². The molecular formula is C11H21N3O2. The Morgan fingerprint density at radius 1 is 1.31 bits per heavy atom. The van der Waals surface area contributed by atoms with E-state index in [0.717, 1.165) is 0 Å². The first-order valence-electron chi connectivity index (χ1n) is 5.79. The van der Waals surface area contributed by atoms with Crippen molar-refractivity contribution in [3.05, 3.63) is 0 Å². The molecule has 0 aromatic carbocycles. The van der Waals surface area contributed by atoms with Gasteiger partial charge in [-0.15, -0.1) is 0 Å². The van der Waals surface area contributed by atoms with Gasteiger partial charge in [-0.25, -0.2) is 0 Å². The van der Waals surface area contributed by atoms with Gasteiger partial charge in [0.2, 0.25) is 11.8 Å². The molecule has 1 atom stereocenters. The van der Waals surface area contributed by atoms with Gasteiger partial charge in [0.25, 0.3) is 0 Å². The minimum atomic E-state index is -0.452. The molecule has 0 aromatic rings. The van der Waals surface area contributed by atoms with Gasteiger partial charge < -0.3 is 16.0 Å².